The Labute approximate surface area is 129 Å². The number of hydrogen-bond acceptors (Lipinski definition) is 8. The Morgan fingerprint density at radius 2 is 1.96 bits per heavy atom. The minimum Gasteiger partial charge on any atom is -0.478 e. The van der Waals surface area contributed by atoms with Gasteiger partial charge in [0.25, 0.3) is 15.2 Å². The highest BCUT2D eigenvalue weighted by Crippen LogP contribution is 2.28. The lowest BCUT2D eigenvalue weighted by Gasteiger charge is -2.13. The van der Waals surface area contributed by atoms with E-state index >= 15 is 0 Å². The molecule has 0 atom stereocenters. The number of carboxylic acids is 1. The second-order valence-electron chi connectivity index (χ2n) is 4.13. The van der Waals surface area contributed by atoms with Crippen LogP contribution in [0.3, 0.4) is 0 Å². The van der Waals surface area contributed by atoms with Gasteiger partial charge in [0, 0.05) is 25.0 Å². The van der Waals surface area contributed by atoms with Crippen molar-refractivity contribution in [1.29, 1.82) is 0 Å². The zero-order valence-electron chi connectivity index (χ0n) is 11.6. The molecule has 126 valence electrons. The summed E-state index contributed by atoms with van der Waals surface area (Å²) >= 11 is 0. The summed E-state index contributed by atoms with van der Waals surface area (Å²) in [5.74, 6) is -2.93. The second-order valence-corrected chi connectivity index (χ2v) is 5.55. The number of ether oxygens (including phenoxy) is 1. The van der Waals surface area contributed by atoms with Crippen LogP contribution in [-0.4, -0.2) is 41.7 Å². The monoisotopic (exact) mass is 349 g/mol. The zero-order valence-corrected chi connectivity index (χ0v) is 12.4. The van der Waals surface area contributed by atoms with Gasteiger partial charge < -0.3 is 14.7 Å². The third kappa shape index (κ3) is 5.19. The van der Waals surface area contributed by atoms with E-state index in [1.54, 1.807) is 0 Å². The number of carboxylic acid groups (broad SMARTS) is 1. The highest BCUT2D eigenvalue weighted by Gasteiger charge is 2.23. The quantitative estimate of drug-likeness (QED) is 0.229. The Hall–Kier alpha value is -2.73. The van der Waals surface area contributed by atoms with Gasteiger partial charge in [-0.05, 0) is 6.07 Å². The van der Waals surface area contributed by atoms with Crippen molar-refractivity contribution in [1.82, 2.24) is 0 Å². The molecule has 1 rings (SSSR count). The van der Waals surface area contributed by atoms with E-state index in [0.717, 1.165) is 13.0 Å². The van der Waals surface area contributed by atoms with E-state index in [-0.39, 0.29) is 12.0 Å². The summed E-state index contributed by atoms with van der Waals surface area (Å²) in [7, 11) is -4.76. The maximum atomic E-state index is 11.2. The normalized spacial score (nSPS) is 10.9. The molecular weight excluding hydrogens is 338 g/mol. The molecule has 0 aliphatic rings. The fraction of sp³-hybridized carbons (Fsp3) is 0.273. The summed E-state index contributed by atoms with van der Waals surface area (Å²) in [6.45, 7) is 0.435. The van der Waals surface area contributed by atoms with Gasteiger partial charge >= 0.3 is 11.9 Å². The second kappa shape index (κ2) is 7.02. The number of aromatic carboxylic acids is 1. The molecule has 12 heteroatoms. The third-order valence-electron chi connectivity index (χ3n) is 2.51. The molecule has 0 saturated heterocycles. The van der Waals surface area contributed by atoms with Gasteiger partial charge in [0.05, 0.1) is 10.5 Å². The van der Waals surface area contributed by atoms with Crippen molar-refractivity contribution in [3.8, 4) is 5.75 Å². The Kier molecular flexibility index (Phi) is 5.59. The van der Waals surface area contributed by atoms with Crippen LogP contribution in [0.25, 0.3) is 0 Å². The first-order valence-electron chi connectivity index (χ1n) is 5.85. The van der Waals surface area contributed by atoms with Crippen LogP contribution in [0.15, 0.2) is 17.0 Å². The van der Waals surface area contributed by atoms with E-state index in [2.05, 4.69) is 4.84 Å². The minimum atomic E-state index is -4.76. The Bertz CT molecular complexity index is 754. The molecule has 0 aliphatic carbocycles. The molecule has 2 N–H and O–H groups in total. The van der Waals surface area contributed by atoms with Crippen molar-refractivity contribution in [2.45, 2.75) is 18.2 Å². The minimum absolute atomic E-state index is 0.193. The van der Waals surface area contributed by atoms with Crippen molar-refractivity contribution in [2.24, 2.45) is 0 Å². The fourth-order valence-corrected chi connectivity index (χ4v) is 2.21. The van der Waals surface area contributed by atoms with Gasteiger partial charge in [-0.2, -0.15) is 8.42 Å². The van der Waals surface area contributed by atoms with Crippen LogP contribution in [-0.2, 0) is 26.2 Å². The molecule has 0 heterocycles. The van der Waals surface area contributed by atoms with Crippen LogP contribution in [0.1, 0.15) is 22.8 Å². The number of rotatable bonds is 7. The molecule has 23 heavy (non-hydrogen) atoms. The maximum absolute atomic E-state index is 11.2. The highest BCUT2D eigenvalue weighted by atomic mass is 32.2. The van der Waals surface area contributed by atoms with Crippen molar-refractivity contribution in [3.63, 3.8) is 0 Å². The van der Waals surface area contributed by atoms with Gasteiger partial charge in [-0.3, -0.25) is 9.35 Å². The summed E-state index contributed by atoms with van der Waals surface area (Å²) in [6.07, 6.45) is -0.350. The molecule has 0 saturated carbocycles. The van der Waals surface area contributed by atoms with Crippen LogP contribution >= 0.6 is 0 Å². The number of carbonyl (C=O) groups excluding carboxylic acids is 1. The van der Waals surface area contributed by atoms with E-state index in [1.807, 2.05) is 0 Å². The van der Waals surface area contributed by atoms with Gasteiger partial charge in [-0.15, -0.1) is 10.1 Å². The Morgan fingerprint density at radius 3 is 2.39 bits per heavy atom. The molecular formula is C11H11NO10S. The van der Waals surface area contributed by atoms with Gasteiger partial charge in [-0.25, -0.2) is 4.79 Å². The molecule has 11 nitrogen and oxygen atoms in total. The lowest BCUT2D eigenvalue weighted by molar-refractivity contribution is -0.757. The summed E-state index contributed by atoms with van der Waals surface area (Å²) in [4.78, 5) is 35.7. The molecule has 0 bridgehead atoms. The first-order chi connectivity index (χ1) is 10.5. The van der Waals surface area contributed by atoms with Crippen LogP contribution in [0.4, 0.5) is 0 Å². The van der Waals surface area contributed by atoms with Gasteiger partial charge in [0.2, 0.25) is 0 Å². The molecule has 1 aromatic rings. The number of nitrogens with zero attached hydrogens (tertiary/aromatic N) is 1. The van der Waals surface area contributed by atoms with Crippen LogP contribution in [0.5, 0.6) is 5.75 Å². The lowest BCUT2D eigenvalue weighted by atomic mass is 10.0. The summed E-state index contributed by atoms with van der Waals surface area (Å²) in [5, 5.41) is 18.2. The number of carbonyl (C=O) groups is 2. The van der Waals surface area contributed by atoms with E-state index in [0.29, 0.717) is 6.07 Å². The molecule has 0 fully saturated rings. The van der Waals surface area contributed by atoms with Crippen LogP contribution in [0, 0.1) is 10.1 Å². The average Bonchev–Trinajstić information content (AvgIpc) is 2.37. The van der Waals surface area contributed by atoms with Crippen LogP contribution < -0.4 is 4.74 Å². The molecule has 0 amide bonds. The predicted molar refractivity (Wildman–Crippen MR) is 71.2 cm³/mol. The standard InChI is InChI=1S/C11H11NO10S/c1-6(13)22-10-5-7(23(18,19)20)4-9(11(14)15)8(10)2-3-21-12(16)17/h4-5H,2-3H2,1H3,(H,14,15)(H,18,19,20). The summed E-state index contributed by atoms with van der Waals surface area (Å²) in [5.41, 5.74) is -0.801. The molecule has 0 radical (unpaired) electrons. The molecule has 1 aromatic carbocycles. The first-order valence-corrected chi connectivity index (χ1v) is 7.29. The predicted octanol–water partition coefficient (Wildman–Crippen LogP) is 0.308. The first kappa shape index (κ1) is 18.3. The molecule has 0 aromatic heterocycles. The van der Waals surface area contributed by atoms with Crippen molar-refractivity contribution in [3.05, 3.63) is 33.4 Å². The van der Waals surface area contributed by atoms with Crippen molar-refractivity contribution >= 4 is 22.1 Å². The summed E-state index contributed by atoms with van der Waals surface area (Å²) in [6, 6.07) is 1.39. The van der Waals surface area contributed by atoms with Crippen LogP contribution in [0.2, 0.25) is 0 Å². The van der Waals surface area contributed by atoms with Crippen molar-refractivity contribution < 1.29 is 42.3 Å². The average molecular weight is 349 g/mol. The molecule has 0 aliphatic heterocycles. The largest absolute Gasteiger partial charge is 0.478 e. The van der Waals surface area contributed by atoms with E-state index in [9.17, 15) is 28.1 Å². The summed E-state index contributed by atoms with van der Waals surface area (Å²) < 4.78 is 36.1. The molecule has 0 spiro atoms. The van der Waals surface area contributed by atoms with E-state index in [4.69, 9.17) is 14.4 Å². The maximum Gasteiger partial charge on any atom is 0.336 e. The Balaban J connectivity index is 3.45. The van der Waals surface area contributed by atoms with Gasteiger partial charge in [0.15, 0.2) is 0 Å². The fourth-order valence-electron chi connectivity index (χ4n) is 1.69. The highest BCUT2D eigenvalue weighted by molar-refractivity contribution is 7.85. The number of esters is 1. The topological polar surface area (TPSA) is 170 Å². The van der Waals surface area contributed by atoms with E-state index < -0.39 is 50.0 Å². The van der Waals surface area contributed by atoms with Crippen molar-refractivity contribution in [2.75, 3.05) is 6.61 Å². The van der Waals surface area contributed by atoms with Gasteiger partial charge in [0.1, 0.15) is 12.4 Å². The number of benzene rings is 1. The van der Waals surface area contributed by atoms with E-state index in [1.165, 1.54) is 0 Å². The number of hydrogen-bond donors (Lipinski definition) is 2. The van der Waals surface area contributed by atoms with Gasteiger partial charge in [-0.1, -0.05) is 0 Å². The lowest BCUT2D eigenvalue weighted by Crippen LogP contribution is -2.14. The Morgan fingerprint density at radius 1 is 1.35 bits per heavy atom. The molecule has 0 unspecified atom stereocenters. The smallest absolute Gasteiger partial charge is 0.336 e. The SMILES string of the molecule is CC(=O)Oc1cc(S(=O)(=O)O)cc(C(=O)O)c1CCO[N+](=O)[O-]. The third-order valence-corrected chi connectivity index (χ3v) is 3.34. The zero-order chi connectivity index (χ0) is 17.8.